The molecule has 1 heterocycles. The molecule has 0 fully saturated rings. The van der Waals surface area contributed by atoms with Gasteiger partial charge in [0.25, 0.3) is 0 Å². The fourth-order valence-electron chi connectivity index (χ4n) is 2.63. The van der Waals surface area contributed by atoms with Gasteiger partial charge in [-0.3, -0.25) is 0 Å². The summed E-state index contributed by atoms with van der Waals surface area (Å²) in [6.07, 6.45) is 1.11. The molecule has 2 rings (SSSR count). The van der Waals surface area contributed by atoms with Crippen molar-refractivity contribution in [2.45, 2.75) is 39.2 Å². The van der Waals surface area contributed by atoms with Crippen molar-refractivity contribution in [2.75, 3.05) is 26.2 Å². The van der Waals surface area contributed by atoms with Crippen LogP contribution in [0.4, 0.5) is 0 Å². The van der Waals surface area contributed by atoms with Gasteiger partial charge in [-0.1, -0.05) is 32.0 Å². The smallest absolute Gasteiger partial charge is 0.122 e. The van der Waals surface area contributed by atoms with Gasteiger partial charge in [0.1, 0.15) is 5.75 Å². The lowest BCUT2D eigenvalue weighted by Gasteiger charge is -2.27. The highest BCUT2D eigenvalue weighted by molar-refractivity contribution is 5.37. The molecule has 0 aliphatic carbocycles. The third kappa shape index (κ3) is 4.50. The van der Waals surface area contributed by atoms with Gasteiger partial charge < -0.3 is 15.4 Å². The minimum absolute atomic E-state index is 0.503. The van der Waals surface area contributed by atoms with Gasteiger partial charge in [-0.05, 0) is 37.4 Å². The summed E-state index contributed by atoms with van der Waals surface area (Å²) >= 11 is 0. The van der Waals surface area contributed by atoms with Crippen LogP contribution in [0.5, 0.6) is 5.75 Å². The first-order chi connectivity index (χ1) is 9.66. The number of nitrogens with one attached hydrogen (secondary N) is 2. The van der Waals surface area contributed by atoms with E-state index in [1.54, 1.807) is 0 Å². The summed E-state index contributed by atoms with van der Waals surface area (Å²) in [6, 6.07) is 8.93. The van der Waals surface area contributed by atoms with Gasteiger partial charge >= 0.3 is 0 Å². The first-order valence-corrected chi connectivity index (χ1v) is 7.82. The maximum absolute atomic E-state index is 5.71. The molecule has 1 aromatic rings. The molecule has 3 nitrogen and oxygen atoms in total. The van der Waals surface area contributed by atoms with Gasteiger partial charge in [-0.15, -0.1) is 0 Å². The van der Waals surface area contributed by atoms with E-state index >= 15 is 0 Å². The lowest BCUT2D eigenvalue weighted by atomic mass is 9.93. The van der Waals surface area contributed by atoms with Crippen LogP contribution in [0, 0.1) is 5.92 Å². The van der Waals surface area contributed by atoms with Crippen molar-refractivity contribution in [2.24, 2.45) is 5.92 Å². The SMILES string of the molecule is CC(C)CNCC(C)NCC1CCOc2ccccc21. The monoisotopic (exact) mass is 276 g/mol. The second-order valence-electron chi connectivity index (χ2n) is 6.23. The first-order valence-electron chi connectivity index (χ1n) is 7.82. The van der Waals surface area contributed by atoms with Crippen LogP contribution in [0.2, 0.25) is 0 Å². The summed E-state index contributed by atoms with van der Waals surface area (Å²) in [5.74, 6) is 2.35. The number of rotatable bonds is 7. The predicted molar refractivity (Wildman–Crippen MR) is 84.5 cm³/mol. The maximum Gasteiger partial charge on any atom is 0.122 e. The Morgan fingerprint density at radius 3 is 2.80 bits per heavy atom. The molecule has 2 atom stereocenters. The molecule has 0 spiro atoms. The topological polar surface area (TPSA) is 33.3 Å². The summed E-state index contributed by atoms with van der Waals surface area (Å²) in [5, 5.41) is 7.15. The molecule has 20 heavy (non-hydrogen) atoms. The Labute approximate surface area is 123 Å². The molecule has 0 aromatic heterocycles. The number of hydrogen-bond donors (Lipinski definition) is 2. The zero-order valence-corrected chi connectivity index (χ0v) is 13.0. The fraction of sp³-hybridized carbons (Fsp3) is 0.647. The Morgan fingerprint density at radius 1 is 1.20 bits per heavy atom. The Balaban J connectivity index is 1.77. The Morgan fingerprint density at radius 2 is 2.00 bits per heavy atom. The molecule has 1 aromatic carbocycles. The van der Waals surface area contributed by atoms with E-state index in [1.165, 1.54) is 5.56 Å². The lowest BCUT2D eigenvalue weighted by molar-refractivity contribution is 0.262. The Bertz CT molecular complexity index is 406. The third-order valence-electron chi connectivity index (χ3n) is 3.80. The van der Waals surface area contributed by atoms with Crippen LogP contribution in [0.15, 0.2) is 24.3 Å². The lowest BCUT2D eigenvalue weighted by Crippen LogP contribution is -2.40. The van der Waals surface area contributed by atoms with Gasteiger partial charge in [0.05, 0.1) is 6.61 Å². The standard InChI is InChI=1S/C17H28N2O/c1-13(2)10-18-11-14(3)19-12-15-8-9-20-17-7-5-4-6-16(15)17/h4-7,13-15,18-19H,8-12H2,1-3H3. The van der Waals surface area contributed by atoms with E-state index in [1.807, 2.05) is 6.07 Å². The van der Waals surface area contributed by atoms with Gasteiger partial charge in [0.2, 0.25) is 0 Å². The molecule has 3 heteroatoms. The van der Waals surface area contributed by atoms with Crippen molar-refractivity contribution >= 4 is 0 Å². The Kier molecular flexibility index (Phi) is 5.86. The third-order valence-corrected chi connectivity index (χ3v) is 3.80. The summed E-state index contributed by atoms with van der Waals surface area (Å²) in [7, 11) is 0. The maximum atomic E-state index is 5.71. The number of hydrogen-bond acceptors (Lipinski definition) is 3. The second kappa shape index (κ2) is 7.65. The molecular weight excluding hydrogens is 248 g/mol. The van der Waals surface area contributed by atoms with Gasteiger partial charge in [0.15, 0.2) is 0 Å². The number of para-hydroxylation sites is 1. The number of ether oxygens (including phenoxy) is 1. The largest absolute Gasteiger partial charge is 0.493 e. The minimum atomic E-state index is 0.503. The second-order valence-corrected chi connectivity index (χ2v) is 6.23. The molecule has 2 N–H and O–H groups in total. The van der Waals surface area contributed by atoms with Crippen LogP contribution in [0.3, 0.4) is 0 Å². The van der Waals surface area contributed by atoms with E-state index < -0.39 is 0 Å². The molecule has 2 unspecified atom stereocenters. The average Bonchev–Trinajstić information content (AvgIpc) is 2.44. The minimum Gasteiger partial charge on any atom is -0.493 e. The van der Waals surface area contributed by atoms with Crippen molar-refractivity contribution in [3.05, 3.63) is 29.8 Å². The molecule has 1 aliphatic heterocycles. The van der Waals surface area contributed by atoms with Crippen molar-refractivity contribution in [1.29, 1.82) is 0 Å². The molecule has 1 aliphatic rings. The molecule has 0 saturated carbocycles. The van der Waals surface area contributed by atoms with Crippen molar-refractivity contribution in [1.82, 2.24) is 10.6 Å². The summed E-state index contributed by atoms with van der Waals surface area (Å²) in [6.45, 7) is 10.7. The summed E-state index contributed by atoms with van der Waals surface area (Å²) in [5.41, 5.74) is 1.36. The summed E-state index contributed by atoms with van der Waals surface area (Å²) in [4.78, 5) is 0. The van der Waals surface area contributed by atoms with Crippen molar-refractivity contribution in [3.63, 3.8) is 0 Å². The van der Waals surface area contributed by atoms with Crippen LogP contribution in [-0.2, 0) is 0 Å². The average molecular weight is 276 g/mol. The van der Waals surface area contributed by atoms with E-state index in [0.29, 0.717) is 17.9 Å². The van der Waals surface area contributed by atoms with Crippen molar-refractivity contribution in [3.8, 4) is 5.75 Å². The van der Waals surface area contributed by atoms with Crippen LogP contribution >= 0.6 is 0 Å². The van der Waals surface area contributed by atoms with E-state index in [2.05, 4.69) is 49.6 Å². The van der Waals surface area contributed by atoms with Gasteiger partial charge in [-0.2, -0.15) is 0 Å². The quantitative estimate of drug-likeness (QED) is 0.803. The van der Waals surface area contributed by atoms with Gasteiger partial charge in [0, 0.05) is 25.0 Å². The normalized spacial score (nSPS) is 19.5. The highest BCUT2D eigenvalue weighted by atomic mass is 16.5. The Hall–Kier alpha value is -1.06. The van der Waals surface area contributed by atoms with Crippen LogP contribution in [0.1, 0.15) is 38.7 Å². The highest BCUT2D eigenvalue weighted by Crippen LogP contribution is 2.32. The number of benzene rings is 1. The zero-order valence-electron chi connectivity index (χ0n) is 13.0. The highest BCUT2D eigenvalue weighted by Gasteiger charge is 2.21. The molecule has 112 valence electrons. The summed E-state index contributed by atoms with van der Waals surface area (Å²) < 4.78 is 5.71. The number of fused-ring (bicyclic) bond motifs is 1. The van der Waals surface area contributed by atoms with E-state index in [-0.39, 0.29) is 0 Å². The van der Waals surface area contributed by atoms with E-state index in [0.717, 1.165) is 38.4 Å². The van der Waals surface area contributed by atoms with Crippen LogP contribution in [-0.4, -0.2) is 32.3 Å². The van der Waals surface area contributed by atoms with E-state index in [4.69, 9.17) is 4.74 Å². The fourth-order valence-corrected chi connectivity index (χ4v) is 2.63. The molecule has 0 saturated heterocycles. The molecular formula is C17H28N2O. The predicted octanol–water partition coefficient (Wildman–Crippen LogP) is 2.78. The van der Waals surface area contributed by atoms with Gasteiger partial charge in [-0.25, -0.2) is 0 Å². The zero-order chi connectivity index (χ0) is 14.4. The molecule has 0 bridgehead atoms. The molecule has 0 radical (unpaired) electrons. The van der Waals surface area contributed by atoms with Crippen LogP contribution in [0.25, 0.3) is 0 Å². The molecule has 0 amide bonds. The van der Waals surface area contributed by atoms with E-state index in [9.17, 15) is 0 Å². The first kappa shape index (κ1) is 15.3. The van der Waals surface area contributed by atoms with Crippen molar-refractivity contribution < 1.29 is 4.74 Å². The van der Waals surface area contributed by atoms with Crippen LogP contribution < -0.4 is 15.4 Å².